The van der Waals surface area contributed by atoms with Crippen LogP contribution in [0, 0.1) is 0 Å². The number of rotatable bonds is 5. The van der Waals surface area contributed by atoms with Crippen molar-refractivity contribution in [3.63, 3.8) is 0 Å². The van der Waals surface area contributed by atoms with Gasteiger partial charge in [-0.15, -0.1) is 0 Å². The molecule has 3 N–H and O–H groups in total. The minimum Gasteiger partial charge on any atom is -0.463 e. The summed E-state index contributed by atoms with van der Waals surface area (Å²) in [6.07, 6.45) is 0.145. The highest BCUT2D eigenvalue weighted by atomic mass is 35.5. The predicted molar refractivity (Wildman–Crippen MR) is 65.8 cm³/mol. The Morgan fingerprint density at radius 3 is 2.88 bits per heavy atom. The quantitative estimate of drug-likeness (QED) is 0.614. The molecule has 0 aliphatic heterocycles. The van der Waals surface area contributed by atoms with E-state index in [4.69, 9.17) is 22.1 Å². The van der Waals surface area contributed by atoms with Crippen LogP contribution in [0.5, 0.6) is 0 Å². The molecule has 0 aromatic carbocycles. The first kappa shape index (κ1) is 13.5. The lowest BCUT2D eigenvalue weighted by molar-refractivity contribution is -0.147. The molecule has 0 saturated heterocycles. The summed E-state index contributed by atoms with van der Waals surface area (Å²) in [6.45, 7) is 4.00. The number of nitrogens with two attached hydrogens (primary N) is 1. The van der Waals surface area contributed by atoms with Crippen molar-refractivity contribution >= 4 is 29.3 Å². The van der Waals surface area contributed by atoms with Crippen molar-refractivity contribution in [3.8, 4) is 0 Å². The second-order valence-electron chi connectivity index (χ2n) is 3.65. The number of nitrogen functional groups attached to an aromatic ring is 1. The summed E-state index contributed by atoms with van der Waals surface area (Å²) in [4.78, 5) is 18.9. The van der Waals surface area contributed by atoms with Crippen LogP contribution in [0.3, 0.4) is 0 Å². The van der Waals surface area contributed by atoms with Gasteiger partial charge in [0.1, 0.15) is 11.0 Å². The molecule has 1 heterocycles. The zero-order chi connectivity index (χ0) is 12.8. The van der Waals surface area contributed by atoms with Gasteiger partial charge in [-0.1, -0.05) is 11.6 Å². The summed E-state index contributed by atoms with van der Waals surface area (Å²) in [5.74, 6) is 0.310. The smallest absolute Gasteiger partial charge is 0.307 e. The molecule has 17 heavy (non-hydrogen) atoms. The molecule has 0 fully saturated rings. The normalized spacial score (nSPS) is 10.4. The molecule has 1 aromatic heterocycles. The number of nitrogens with zero attached hydrogens (tertiary/aromatic N) is 2. The number of halogens is 1. The van der Waals surface area contributed by atoms with Crippen LogP contribution in [-0.2, 0) is 9.53 Å². The second kappa shape index (κ2) is 6.24. The molecule has 0 amide bonds. The minimum absolute atomic E-state index is 0.0877. The van der Waals surface area contributed by atoms with E-state index in [1.54, 1.807) is 13.8 Å². The highest BCUT2D eigenvalue weighted by molar-refractivity contribution is 6.29. The van der Waals surface area contributed by atoms with Gasteiger partial charge in [-0.25, -0.2) is 4.98 Å². The van der Waals surface area contributed by atoms with Crippen molar-refractivity contribution in [1.29, 1.82) is 0 Å². The van der Waals surface area contributed by atoms with Gasteiger partial charge in [0, 0.05) is 12.6 Å². The van der Waals surface area contributed by atoms with Crippen LogP contribution in [0.2, 0.25) is 5.15 Å². The van der Waals surface area contributed by atoms with Crippen molar-refractivity contribution < 1.29 is 9.53 Å². The fourth-order valence-electron chi connectivity index (χ4n) is 1.14. The molecule has 7 heteroatoms. The maximum atomic E-state index is 11.2. The molecule has 0 atom stereocenters. The summed E-state index contributed by atoms with van der Waals surface area (Å²) in [5, 5.41) is 3.17. The van der Waals surface area contributed by atoms with Gasteiger partial charge in [-0.3, -0.25) is 4.79 Å². The van der Waals surface area contributed by atoms with Crippen LogP contribution in [0.4, 0.5) is 11.8 Å². The highest BCUT2D eigenvalue weighted by Crippen LogP contribution is 2.12. The summed E-state index contributed by atoms with van der Waals surface area (Å²) in [7, 11) is 0. The molecule has 0 unspecified atom stereocenters. The van der Waals surface area contributed by atoms with Gasteiger partial charge in [0.15, 0.2) is 0 Å². The van der Waals surface area contributed by atoms with Gasteiger partial charge in [0.05, 0.1) is 12.5 Å². The van der Waals surface area contributed by atoms with Crippen molar-refractivity contribution in [2.24, 2.45) is 0 Å². The van der Waals surface area contributed by atoms with E-state index in [-0.39, 0.29) is 29.6 Å². The molecule has 1 aromatic rings. The van der Waals surface area contributed by atoms with E-state index in [0.29, 0.717) is 12.4 Å². The Morgan fingerprint density at radius 1 is 1.59 bits per heavy atom. The number of anilines is 2. The van der Waals surface area contributed by atoms with Gasteiger partial charge in [-0.2, -0.15) is 4.98 Å². The second-order valence-corrected chi connectivity index (χ2v) is 4.04. The average Bonchev–Trinajstić information content (AvgIpc) is 2.14. The Bertz CT molecular complexity index is 378. The van der Waals surface area contributed by atoms with Gasteiger partial charge < -0.3 is 15.8 Å². The maximum Gasteiger partial charge on any atom is 0.307 e. The molecule has 0 aliphatic rings. The lowest BCUT2D eigenvalue weighted by Gasteiger charge is -2.09. The van der Waals surface area contributed by atoms with E-state index in [9.17, 15) is 4.79 Å². The van der Waals surface area contributed by atoms with Gasteiger partial charge >= 0.3 is 5.97 Å². The van der Waals surface area contributed by atoms with Gasteiger partial charge in [-0.05, 0) is 13.8 Å². The molecule has 0 saturated carbocycles. The molecule has 0 aliphatic carbocycles. The third kappa shape index (κ3) is 5.35. The topological polar surface area (TPSA) is 90.1 Å². The van der Waals surface area contributed by atoms with Crippen molar-refractivity contribution in [3.05, 3.63) is 11.2 Å². The number of hydrogen-bond donors (Lipinski definition) is 2. The third-order valence-electron chi connectivity index (χ3n) is 1.71. The lowest BCUT2D eigenvalue weighted by atomic mass is 10.4. The molecule has 0 bridgehead atoms. The molecule has 6 nitrogen and oxygen atoms in total. The number of carbonyl (C=O) groups excluding carboxylic acids is 1. The van der Waals surface area contributed by atoms with Crippen LogP contribution >= 0.6 is 11.6 Å². The van der Waals surface area contributed by atoms with Crippen LogP contribution in [0.15, 0.2) is 6.07 Å². The Labute approximate surface area is 105 Å². The lowest BCUT2D eigenvalue weighted by Crippen LogP contribution is -2.16. The van der Waals surface area contributed by atoms with Crippen LogP contribution in [0.1, 0.15) is 20.3 Å². The van der Waals surface area contributed by atoms with Crippen molar-refractivity contribution in [1.82, 2.24) is 9.97 Å². The molecule has 0 radical (unpaired) electrons. The molecule has 0 spiro atoms. The van der Waals surface area contributed by atoms with Crippen LogP contribution in [0.25, 0.3) is 0 Å². The number of ether oxygens (including phenoxy) is 1. The minimum atomic E-state index is -0.263. The van der Waals surface area contributed by atoms with E-state index in [0.717, 1.165) is 0 Å². The standard InChI is InChI=1S/C10H15ClN4O2/c1-6(2)17-9(16)3-4-13-8-5-7(11)14-10(12)15-8/h5-6H,3-4H2,1-2H3,(H3,12,13,14,15). The first-order valence-electron chi connectivity index (χ1n) is 5.21. The number of hydrogen-bond acceptors (Lipinski definition) is 6. The van der Waals surface area contributed by atoms with E-state index >= 15 is 0 Å². The molecular formula is C10H15ClN4O2. The third-order valence-corrected chi connectivity index (χ3v) is 1.91. The zero-order valence-corrected chi connectivity index (χ0v) is 10.5. The number of nitrogens with one attached hydrogen (secondary N) is 1. The molecular weight excluding hydrogens is 244 g/mol. The molecule has 94 valence electrons. The van der Waals surface area contributed by atoms with Gasteiger partial charge in [0.25, 0.3) is 0 Å². The molecule has 1 rings (SSSR count). The monoisotopic (exact) mass is 258 g/mol. The Balaban J connectivity index is 2.38. The Hall–Kier alpha value is -1.56. The maximum absolute atomic E-state index is 11.2. The Kier molecular flexibility index (Phi) is 4.96. The number of aromatic nitrogens is 2. The van der Waals surface area contributed by atoms with E-state index < -0.39 is 0 Å². The SMILES string of the molecule is CC(C)OC(=O)CCNc1cc(Cl)nc(N)n1. The largest absolute Gasteiger partial charge is 0.463 e. The number of esters is 1. The van der Waals surface area contributed by atoms with E-state index in [1.807, 2.05) is 0 Å². The number of carbonyl (C=O) groups is 1. The van der Waals surface area contributed by atoms with E-state index in [2.05, 4.69) is 15.3 Å². The van der Waals surface area contributed by atoms with E-state index in [1.165, 1.54) is 6.07 Å². The zero-order valence-electron chi connectivity index (χ0n) is 9.74. The average molecular weight is 259 g/mol. The Morgan fingerprint density at radius 2 is 2.29 bits per heavy atom. The fourth-order valence-corrected chi connectivity index (χ4v) is 1.33. The van der Waals surface area contributed by atoms with Crippen LogP contribution < -0.4 is 11.1 Å². The summed E-state index contributed by atoms with van der Waals surface area (Å²) in [6, 6.07) is 1.53. The fraction of sp³-hybridized carbons (Fsp3) is 0.500. The summed E-state index contributed by atoms with van der Waals surface area (Å²) in [5.41, 5.74) is 5.42. The van der Waals surface area contributed by atoms with Crippen molar-refractivity contribution in [2.45, 2.75) is 26.4 Å². The van der Waals surface area contributed by atoms with Gasteiger partial charge in [0.2, 0.25) is 5.95 Å². The first-order valence-corrected chi connectivity index (χ1v) is 5.58. The van der Waals surface area contributed by atoms with Crippen LogP contribution in [-0.4, -0.2) is 28.6 Å². The predicted octanol–water partition coefficient (Wildman–Crippen LogP) is 1.47. The summed E-state index contributed by atoms with van der Waals surface area (Å²) >= 11 is 5.70. The highest BCUT2D eigenvalue weighted by Gasteiger charge is 2.05. The summed E-state index contributed by atoms with van der Waals surface area (Å²) < 4.78 is 4.97. The van der Waals surface area contributed by atoms with Crippen molar-refractivity contribution in [2.75, 3.05) is 17.6 Å². The first-order chi connectivity index (χ1) is 7.97.